The zero-order valence-corrected chi connectivity index (χ0v) is 14.3. The zero-order chi connectivity index (χ0) is 17.0. The number of ether oxygens (including phenoxy) is 1. The molecule has 0 saturated heterocycles. The van der Waals surface area contributed by atoms with E-state index in [1.165, 1.54) is 4.90 Å². The fraction of sp³-hybridized carbons (Fsp3) is 0.316. The third-order valence-electron chi connectivity index (χ3n) is 5.12. The highest BCUT2D eigenvalue weighted by molar-refractivity contribution is 6.33. The summed E-state index contributed by atoms with van der Waals surface area (Å²) in [4.78, 5) is 13.5. The molecular formula is C19H17ClNO4+. The van der Waals surface area contributed by atoms with Crippen LogP contribution >= 0.6 is 11.6 Å². The predicted octanol–water partition coefficient (Wildman–Crippen LogP) is 2.46. The molecule has 2 aliphatic rings. The van der Waals surface area contributed by atoms with E-state index in [4.69, 9.17) is 25.2 Å². The fourth-order valence-corrected chi connectivity index (χ4v) is 4.27. The van der Waals surface area contributed by atoms with E-state index in [9.17, 15) is 4.79 Å². The van der Waals surface area contributed by atoms with Gasteiger partial charge in [-0.15, -0.1) is 0 Å². The second kappa shape index (κ2) is 5.64. The zero-order valence-electron chi connectivity index (χ0n) is 13.6. The van der Waals surface area contributed by atoms with Gasteiger partial charge in [-0.25, -0.2) is 4.79 Å². The van der Waals surface area contributed by atoms with Crippen LogP contribution in [0.25, 0.3) is 11.0 Å². The quantitative estimate of drug-likeness (QED) is 0.715. The largest absolute Gasteiger partial charge is 0.463 e. The molecule has 0 spiro atoms. The second-order valence-electron chi connectivity index (χ2n) is 6.71. The summed E-state index contributed by atoms with van der Waals surface area (Å²) >= 11 is 6.48. The number of aryl methyl sites for hydroxylation is 1. The van der Waals surface area contributed by atoms with Gasteiger partial charge in [0.15, 0.2) is 17.1 Å². The Balaban J connectivity index is 1.64. The molecule has 6 heteroatoms. The summed E-state index contributed by atoms with van der Waals surface area (Å²) in [5.41, 5.74) is 3.18. The first-order valence-electron chi connectivity index (χ1n) is 8.49. The molecule has 1 unspecified atom stereocenters. The molecule has 1 aliphatic heterocycles. The molecule has 128 valence electrons. The Hall–Kier alpha value is -2.24. The minimum Gasteiger partial charge on any atom is -0.463 e. The van der Waals surface area contributed by atoms with E-state index < -0.39 is 0 Å². The van der Waals surface area contributed by atoms with E-state index in [-0.39, 0.29) is 5.63 Å². The predicted molar refractivity (Wildman–Crippen MR) is 92.1 cm³/mol. The van der Waals surface area contributed by atoms with E-state index >= 15 is 0 Å². The van der Waals surface area contributed by atoms with Crippen LogP contribution in [0.15, 0.2) is 38.1 Å². The minimum absolute atomic E-state index is 0.220. The number of halogens is 1. The summed E-state index contributed by atoms with van der Waals surface area (Å²) in [7, 11) is 0. The van der Waals surface area contributed by atoms with Crippen molar-refractivity contribution < 1.29 is 18.5 Å². The summed E-state index contributed by atoms with van der Waals surface area (Å²) in [5, 5.41) is 1.54. The van der Waals surface area contributed by atoms with E-state index in [0.717, 1.165) is 47.1 Å². The van der Waals surface area contributed by atoms with Crippen molar-refractivity contribution in [2.75, 3.05) is 6.73 Å². The van der Waals surface area contributed by atoms with E-state index in [2.05, 4.69) is 0 Å². The average molecular weight is 359 g/mol. The van der Waals surface area contributed by atoms with Crippen LogP contribution in [0, 0.1) is 0 Å². The van der Waals surface area contributed by atoms with E-state index in [0.29, 0.717) is 36.2 Å². The third kappa shape index (κ3) is 2.38. The Morgan fingerprint density at radius 1 is 1.20 bits per heavy atom. The molecule has 0 amide bonds. The van der Waals surface area contributed by atoms with Crippen molar-refractivity contribution in [2.45, 2.75) is 32.4 Å². The maximum Gasteiger partial charge on any atom is 0.339 e. The van der Waals surface area contributed by atoms with Gasteiger partial charge in [0.05, 0.1) is 16.8 Å². The molecule has 1 atom stereocenters. The van der Waals surface area contributed by atoms with Crippen LogP contribution in [0.5, 0.6) is 5.75 Å². The van der Waals surface area contributed by atoms with Crippen molar-refractivity contribution in [3.8, 4) is 5.75 Å². The first-order valence-corrected chi connectivity index (χ1v) is 8.87. The monoisotopic (exact) mass is 358 g/mol. The highest BCUT2D eigenvalue weighted by Gasteiger charge is 2.30. The summed E-state index contributed by atoms with van der Waals surface area (Å²) in [6, 6.07) is 5.72. The fourth-order valence-electron chi connectivity index (χ4n) is 3.99. The number of rotatable bonds is 2. The van der Waals surface area contributed by atoms with Crippen LogP contribution in [-0.4, -0.2) is 6.73 Å². The molecule has 0 saturated carbocycles. The number of hydrogen-bond donors (Lipinski definition) is 1. The SMILES string of the molecule is O=c1oc2c3c(c(Cl)cc2c2c1CCC2)OC[NH+](Cc1ccco1)C3. The third-order valence-corrected chi connectivity index (χ3v) is 5.40. The molecule has 1 aliphatic carbocycles. The van der Waals surface area contributed by atoms with Crippen molar-refractivity contribution >= 4 is 22.6 Å². The Bertz CT molecular complexity index is 1020. The van der Waals surface area contributed by atoms with Crippen molar-refractivity contribution in [3.63, 3.8) is 0 Å². The van der Waals surface area contributed by atoms with Gasteiger partial charge in [-0.2, -0.15) is 0 Å². The highest BCUT2D eigenvalue weighted by atomic mass is 35.5. The molecule has 5 nitrogen and oxygen atoms in total. The van der Waals surface area contributed by atoms with E-state index in [1.54, 1.807) is 6.26 Å². The van der Waals surface area contributed by atoms with Crippen LogP contribution in [0.3, 0.4) is 0 Å². The Labute approximate surface area is 148 Å². The molecule has 0 fully saturated rings. The van der Waals surface area contributed by atoms with Gasteiger partial charge in [0, 0.05) is 10.9 Å². The first kappa shape index (κ1) is 15.0. The van der Waals surface area contributed by atoms with Gasteiger partial charge in [0.2, 0.25) is 6.73 Å². The van der Waals surface area contributed by atoms with Crippen molar-refractivity contribution in [1.82, 2.24) is 0 Å². The standard InChI is InChI=1S/C19H16ClNO4/c20-16-7-14-12-4-1-5-13(12)19(22)25-17(14)15-9-21(10-24-18(15)16)8-11-3-2-6-23-11/h2-3,6-7H,1,4-5,8-10H2/p+1. The minimum atomic E-state index is -0.220. The Morgan fingerprint density at radius 2 is 2.08 bits per heavy atom. The maximum atomic E-state index is 12.4. The van der Waals surface area contributed by atoms with Gasteiger partial charge in [-0.3, -0.25) is 4.90 Å². The molecule has 2 aromatic heterocycles. The molecule has 3 aromatic rings. The molecule has 5 rings (SSSR count). The summed E-state index contributed by atoms with van der Waals surface area (Å²) in [5.74, 6) is 1.54. The number of benzene rings is 1. The number of furan rings is 1. The number of hydrogen-bond acceptors (Lipinski definition) is 4. The Kier molecular flexibility index (Phi) is 3.40. The molecule has 1 aromatic carbocycles. The maximum absolute atomic E-state index is 12.4. The lowest BCUT2D eigenvalue weighted by Gasteiger charge is -2.26. The van der Waals surface area contributed by atoms with Crippen LogP contribution in [0.1, 0.15) is 28.9 Å². The van der Waals surface area contributed by atoms with Crippen LogP contribution in [0.2, 0.25) is 5.02 Å². The lowest BCUT2D eigenvalue weighted by atomic mass is 10.0. The second-order valence-corrected chi connectivity index (χ2v) is 7.12. The van der Waals surface area contributed by atoms with Crippen LogP contribution in [0.4, 0.5) is 0 Å². The number of quaternary nitrogens is 1. The van der Waals surface area contributed by atoms with Crippen LogP contribution in [-0.2, 0) is 25.9 Å². The molecule has 25 heavy (non-hydrogen) atoms. The molecule has 0 bridgehead atoms. The van der Waals surface area contributed by atoms with Crippen molar-refractivity contribution in [3.05, 3.63) is 62.4 Å². The highest BCUT2D eigenvalue weighted by Crippen LogP contribution is 2.39. The normalized spacial score (nSPS) is 18.8. The van der Waals surface area contributed by atoms with Gasteiger partial charge >= 0.3 is 5.63 Å². The molecular weight excluding hydrogens is 342 g/mol. The topological polar surface area (TPSA) is 57.0 Å². The van der Waals surface area contributed by atoms with Crippen molar-refractivity contribution in [2.24, 2.45) is 0 Å². The molecule has 1 N–H and O–H groups in total. The number of fused-ring (bicyclic) bond motifs is 5. The average Bonchev–Trinajstić information content (AvgIpc) is 3.28. The number of nitrogens with one attached hydrogen (secondary N) is 1. The molecule has 0 radical (unpaired) electrons. The lowest BCUT2D eigenvalue weighted by molar-refractivity contribution is -0.946. The van der Waals surface area contributed by atoms with Gasteiger partial charge < -0.3 is 13.6 Å². The van der Waals surface area contributed by atoms with Gasteiger partial charge in [0.25, 0.3) is 0 Å². The van der Waals surface area contributed by atoms with Crippen molar-refractivity contribution in [1.29, 1.82) is 0 Å². The van der Waals surface area contributed by atoms with Gasteiger partial charge in [0.1, 0.15) is 13.1 Å². The summed E-state index contributed by atoms with van der Waals surface area (Å²) < 4.78 is 17.1. The summed E-state index contributed by atoms with van der Waals surface area (Å²) in [6.07, 6.45) is 4.34. The van der Waals surface area contributed by atoms with Crippen LogP contribution < -0.4 is 15.3 Å². The smallest absolute Gasteiger partial charge is 0.339 e. The molecule has 3 heterocycles. The first-order chi connectivity index (χ1) is 12.2. The lowest BCUT2D eigenvalue weighted by Crippen LogP contribution is -3.10. The van der Waals surface area contributed by atoms with Gasteiger partial charge in [-0.05, 0) is 43.0 Å². The summed E-state index contributed by atoms with van der Waals surface area (Å²) in [6.45, 7) is 1.87. The van der Waals surface area contributed by atoms with E-state index in [1.807, 2.05) is 18.2 Å². The van der Waals surface area contributed by atoms with Gasteiger partial charge in [-0.1, -0.05) is 11.6 Å². The Morgan fingerprint density at radius 3 is 2.92 bits per heavy atom.